The lowest BCUT2D eigenvalue weighted by Gasteiger charge is -2.31. The molecular weight excluding hydrogens is 126 g/mol. The Morgan fingerprint density at radius 3 is 3.10 bits per heavy atom. The van der Waals surface area contributed by atoms with Gasteiger partial charge in [0.2, 0.25) is 0 Å². The third-order valence-electron chi connectivity index (χ3n) is 1.99. The third kappa shape index (κ3) is 1.96. The van der Waals surface area contributed by atoms with Crippen LogP contribution in [0.4, 0.5) is 0 Å². The van der Waals surface area contributed by atoms with E-state index in [1.165, 1.54) is 0 Å². The van der Waals surface area contributed by atoms with Crippen LogP contribution in [0, 0.1) is 6.92 Å². The van der Waals surface area contributed by atoms with Crippen LogP contribution in [0.15, 0.2) is 0 Å². The molecule has 0 amide bonds. The second-order valence-corrected chi connectivity index (χ2v) is 2.70. The zero-order valence-corrected chi connectivity index (χ0v) is 6.68. The van der Waals surface area contributed by atoms with Crippen LogP contribution >= 0.6 is 0 Å². The summed E-state index contributed by atoms with van der Waals surface area (Å²) in [5.74, 6) is 0. The summed E-state index contributed by atoms with van der Waals surface area (Å²) in [6, 6.07) is 0. The maximum absolute atomic E-state index is 5.49. The molecule has 2 nitrogen and oxygen atoms in total. The largest absolute Gasteiger partial charge is 0.376 e. The van der Waals surface area contributed by atoms with Gasteiger partial charge in [-0.3, -0.25) is 4.90 Å². The van der Waals surface area contributed by atoms with Crippen molar-refractivity contribution in [3.8, 4) is 0 Å². The molecule has 0 spiro atoms. The molecule has 0 aromatic carbocycles. The van der Waals surface area contributed by atoms with Gasteiger partial charge >= 0.3 is 0 Å². The molecule has 1 heterocycles. The molecule has 0 aromatic heterocycles. The van der Waals surface area contributed by atoms with Gasteiger partial charge in [0, 0.05) is 13.1 Å². The Kier molecular flexibility index (Phi) is 3.16. The highest BCUT2D eigenvalue weighted by molar-refractivity contribution is 4.70. The Bertz CT molecular complexity index is 85.3. The van der Waals surface area contributed by atoms with E-state index in [1.807, 2.05) is 0 Å². The number of nitrogens with zero attached hydrogens (tertiary/aromatic N) is 1. The van der Waals surface area contributed by atoms with Gasteiger partial charge in [-0.25, -0.2) is 0 Å². The number of morpholine rings is 1. The minimum Gasteiger partial charge on any atom is -0.376 e. The molecule has 1 fully saturated rings. The second kappa shape index (κ2) is 3.94. The molecule has 0 saturated carbocycles. The van der Waals surface area contributed by atoms with E-state index < -0.39 is 0 Å². The van der Waals surface area contributed by atoms with Crippen molar-refractivity contribution in [3.63, 3.8) is 0 Å². The summed E-state index contributed by atoms with van der Waals surface area (Å²) in [5, 5.41) is 0. The predicted octanol–water partition coefficient (Wildman–Crippen LogP) is 0.931. The van der Waals surface area contributed by atoms with Gasteiger partial charge in [0.1, 0.15) is 0 Å². The summed E-state index contributed by atoms with van der Waals surface area (Å²) < 4.78 is 5.49. The van der Waals surface area contributed by atoms with E-state index in [9.17, 15) is 0 Å². The Labute approximate surface area is 63.2 Å². The molecule has 0 aliphatic carbocycles. The quantitative estimate of drug-likeness (QED) is 0.568. The van der Waals surface area contributed by atoms with Crippen LogP contribution in [0.2, 0.25) is 0 Å². The van der Waals surface area contributed by atoms with Gasteiger partial charge in [0.05, 0.1) is 12.7 Å². The van der Waals surface area contributed by atoms with Crippen molar-refractivity contribution in [3.05, 3.63) is 6.92 Å². The highest BCUT2D eigenvalue weighted by Crippen LogP contribution is 2.06. The van der Waals surface area contributed by atoms with Crippen molar-refractivity contribution in [1.82, 2.24) is 4.90 Å². The highest BCUT2D eigenvalue weighted by atomic mass is 16.5. The average molecular weight is 142 g/mol. The van der Waals surface area contributed by atoms with Crippen LogP contribution < -0.4 is 0 Å². The van der Waals surface area contributed by atoms with Crippen LogP contribution in [0.3, 0.4) is 0 Å². The summed E-state index contributed by atoms with van der Waals surface area (Å²) in [6.07, 6.45) is 1.58. The fourth-order valence-electron chi connectivity index (χ4n) is 1.23. The van der Waals surface area contributed by atoms with Crippen molar-refractivity contribution in [2.24, 2.45) is 0 Å². The van der Waals surface area contributed by atoms with Crippen LogP contribution in [0.25, 0.3) is 0 Å². The maximum atomic E-state index is 5.49. The van der Waals surface area contributed by atoms with E-state index in [0.29, 0.717) is 6.10 Å². The summed E-state index contributed by atoms with van der Waals surface area (Å²) in [6.45, 7) is 9.94. The lowest BCUT2D eigenvalue weighted by atomic mass is 10.2. The number of rotatable bonds is 2. The third-order valence-corrected chi connectivity index (χ3v) is 1.99. The molecule has 2 heteroatoms. The molecule has 10 heavy (non-hydrogen) atoms. The number of ether oxygens (including phenoxy) is 1. The molecule has 1 saturated heterocycles. The van der Waals surface area contributed by atoms with Gasteiger partial charge in [-0.05, 0) is 19.9 Å². The van der Waals surface area contributed by atoms with Crippen molar-refractivity contribution < 1.29 is 4.74 Å². The monoisotopic (exact) mass is 142 g/mol. The Morgan fingerprint density at radius 1 is 1.70 bits per heavy atom. The molecule has 0 aromatic rings. The molecule has 1 rings (SSSR count). The zero-order valence-electron chi connectivity index (χ0n) is 6.68. The first-order chi connectivity index (χ1) is 4.86. The Balaban J connectivity index is 2.25. The number of hydrogen-bond donors (Lipinski definition) is 0. The Morgan fingerprint density at radius 2 is 2.50 bits per heavy atom. The van der Waals surface area contributed by atoms with Gasteiger partial charge in [0.25, 0.3) is 0 Å². The minimum atomic E-state index is 0.454. The fourth-order valence-corrected chi connectivity index (χ4v) is 1.23. The Hall–Kier alpha value is -0.0800. The second-order valence-electron chi connectivity index (χ2n) is 2.70. The fraction of sp³-hybridized carbons (Fsp3) is 0.875. The van der Waals surface area contributed by atoms with Crippen LogP contribution in [-0.2, 0) is 4.74 Å². The molecule has 1 aliphatic heterocycles. The summed E-state index contributed by atoms with van der Waals surface area (Å²) in [7, 11) is 0. The standard InChI is InChI=1S/C8H16NO/c1-3-8-7-9(4-2)5-6-10-8/h8H,2-7H2,1H3. The smallest absolute Gasteiger partial charge is 0.0700 e. The van der Waals surface area contributed by atoms with E-state index in [1.54, 1.807) is 0 Å². The first kappa shape index (κ1) is 8.02. The summed E-state index contributed by atoms with van der Waals surface area (Å²) in [5.41, 5.74) is 0. The zero-order chi connectivity index (χ0) is 7.40. The predicted molar refractivity (Wildman–Crippen MR) is 41.8 cm³/mol. The van der Waals surface area contributed by atoms with Gasteiger partial charge in [-0.2, -0.15) is 0 Å². The molecule has 1 atom stereocenters. The van der Waals surface area contributed by atoms with Gasteiger partial charge in [0.15, 0.2) is 0 Å². The van der Waals surface area contributed by atoms with Crippen molar-refractivity contribution in [2.75, 3.05) is 26.2 Å². The molecular formula is C8H16NO. The van der Waals surface area contributed by atoms with E-state index in [2.05, 4.69) is 18.7 Å². The minimum absolute atomic E-state index is 0.454. The lowest BCUT2D eigenvalue weighted by Crippen LogP contribution is -2.41. The average Bonchev–Trinajstić information content (AvgIpc) is 2.05. The van der Waals surface area contributed by atoms with Crippen LogP contribution in [0.5, 0.6) is 0 Å². The summed E-state index contributed by atoms with van der Waals surface area (Å²) in [4.78, 5) is 2.33. The van der Waals surface area contributed by atoms with E-state index in [4.69, 9.17) is 4.74 Å². The molecule has 0 bridgehead atoms. The molecule has 1 aliphatic rings. The molecule has 0 N–H and O–H groups in total. The van der Waals surface area contributed by atoms with E-state index in [0.717, 1.165) is 32.7 Å². The maximum Gasteiger partial charge on any atom is 0.0700 e. The molecule has 1 radical (unpaired) electrons. The normalized spacial score (nSPS) is 28.8. The van der Waals surface area contributed by atoms with Crippen molar-refractivity contribution in [1.29, 1.82) is 0 Å². The van der Waals surface area contributed by atoms with Crippen molar-refractivity contribution >= 4 is 0 Å². The van der Waals surface area contributed by atoms with Gasteiger partial charge in [-0.15, -0.1) is 0 Å². The van der Waals surface area contributed by atoms with Gasteiger partial charge in [-0.1, -0.05) is 6.92 Å². The first-order valence-electron chi connectivity index (χ1n) is 4.00. The van der Waals surface area contributed by atoms with E-state index >= 15 is 0 Å². The van der Waals surface area contributed by atoms with Crippen LogP contribution in [-0.4, -0.2) is 37.2 Å². The topological polar surface area (TPSA) is 12.5 Å². The SMILES string of the molecule is [CH2]CN1CCOC(CC)C1. The summed E-state index contributed by atoms with van der Waals surface area (Å²) >= 11 is 0. The molecule has 1 unspecified atom stereocenters. The van der Waals surface area contributed by atoms with Crippen LogP contribution in [0.1, 0.15) is 13.3 Å². The van der Waals surface area contributed by atoms with Gasteiger partial charge < -0.3 is 4.74 Å². The number of hydrogen-bond acceptors (Lipinski definition) is 2. The van der Waals surface area contributed by atoms with E-state index in [-0.39, 0.29) is 0 Å². The highest BCUT2D eigenvalue weighted by Gasteiger charge is 2.16. The lowest BCUT2D eigenvalue weighted by molar-refractivity contribution is -0.0259. The van der Waals surface area contributed by atoms with Crippen molar-refractivity contribution in [2.45, 2.75) is 19.4 Å². The molecule has 59 valence electrons. The first-order valence-corrected chi connectivity index (χ1v) is 4.00.